The van der Waals surface area contributed by atoms with Gasteiger partial charge in [-0.3, -0.25) is 4.90 Å². The quantitative estimate of drug-likeness (QED) is 0.917. The average molecular weight is 276 g/mol. The molecule has 2 atom stereocenters. The number of nitrogens with two attached hydrogens (primary N) is 1. The Kier molecular flexibility index (Phi) is 3.85. The first-order chi connectivity index (χ1) is 9.69. The summed E-state index contributed by atoms with van der Waals surface area (Å²) in [5.74, 6) is 3.22. The van der Waals surface area contributed by atoms with Gasteiger partial charge in [0.05, 0.1) is 0 Å². The Morgan fingerprint density at radius 3 is 2.80 bits per heavy atom. The van der Waals surface area contributed by atoms with Crippen molar-refractivity contribution in [1.29, 1.82) is 0 Å². The topological polar surface area (TPSA) is 47.7 Å². The van der Waals surface area contributed by atoms with Crippen molar-refractivity contribution in [2.45, 2.75) is 26.3 Å². The second-order valence-corrected chi connectivity index (χ2v) is 6.15. The Morgan fingerprint density at radius 1 is 1.30 bits per heavy atom. The summed E-state index contributed by atoms with van der Waals surface area (Å²) in [4.78, 5) is 2.52. The molecule has 0 spiro atoms. The van der Waals surface area contributed by atoms with E-state index in [-0.39, 0.29) is 6.04 Å². The first-order valence-electron chi connectivity index (χ1n) is 7.52. The van der Waals surface area contributed by atoms with Crippen LogP contribution in [0.15, 0.2) is 18.2 Å². The van der Waals surface area contributed by atoms with Gasteiger partial charge in [0.15, 0.2) is 11.5 Å². The number of nitrogens with zero attached hydrogens (tertiary/aromatic N) is 1. The molecule has 4 nitrogen and oxygen atoms in total. The van der Waals surface area contributed by atoms with Crippen LogP contribution in [-0.4, -0.2) is 31.3 Å². The normalized spacial score (nSPS) is 23.5. The van der Waals surface area contributed by atoms with Crippen LogP contribution in [0.2, 0.25) is 0 Å². The smallest absolute Gasteiger partial charge is 0.231 e. The average Bonchev–Trinajstić information content (AvgIpc) is 3.07. The van der Waals surface area contributed by atoms with E-state index in [0.29, 0.717) is 13.3 Å². The van der Waals surface area contributed by atoms with Gasteiger partial charge >= 0.3 is 0 Å². The van der Waals surface area contributed by atoms with Crippen molar-refractivity contribution in [1.82, 2.24) is 4.90 Å². The lowest BCUT2D eigenvalue weighted by atomic mass is 9.95. The number of benzene rings is 1. The van der Waals surface area contributed by atoms with Gasteiger partial charge in [0, 0.05) is 19.1 Å². The zero-order chi connectivity index (χ0) is 14.1. The predicted octanol–water partition coefficient (Wildman–Crippen LogP) is 2.39. The predicted molar refractivity (Wildman–Crippen MR) is 78.9 cm³/mol. The highest BCUT2D eigenvalue weighted by Crippen LogP contribution is 2.37. The second-order valence-electron chi connectivity index (χ2n) is 6.15. The highest BCUT2D eigenvalue weighted by atomic mass is 16.7. The molecule has 0 radical (unpaired) electrons. The molecule has 1 saturated heterocycles. The maximum atomic E-state index is 6.04. The number of hydrogen-bond acceptors (Lipinski definition) is 4. The Labute approximate surface area is 120 Å². The fraction of sp³-hybridized carbons (Fsp3) is 0.625. The molecule has 4 heteroatoms. The molecule has 1 fully saturated rings. The fourth-order valence-corrected chi connectivity index (χ4v) is 3.26. The minimum Gasteiger partial charge on any atom is -0.454 e. The Hall–Kier alpha value is -1.26. The van der Waals surface area contributed by atoms with Gasteiger partial charge < -0.3 is 15.2 Å². The molecule has 20 heavy (non-hydrogen) atoms. The first-order valence-corrected chi connectivity index (χ1v) is 7.52. The van der Waals surface area contributed by atoms with E-state index in [4.69, 9.17) is 15.2 Å². The van der Waals surface area contributed by atoms with E-state index < -0.39 is 0 Å². The van der Waals surface area contributed by atoms with Crippen molar-refractivity contribution in [2.75, 3.05) is 26.4 Å². The fourth-order valence-electron chi connectivity index (χ4n) is 3.26. The van der Waals surface area contributed by atoms with Gasteiger partial charge in [0.2, 0.25) is 6.79 Å². The Bertz CT molecular complexity index is 476. The minimum absolute atomic E-state index is 0.285. The lowest BCUT2D eigenvalue weighted by molar-refractivity contribution is 0.173. The monoisotopic (exact) mass is 276 g/mol. The highest BCUT2D eigenvalue weighted by Gasteiger charge is 2.30. The summed E-state index contributed by atoms with van der Waals surface area (Å²) >= 11 is 0. The molecule has 0 saturated carbocycles. The summed E-state index contributed by atoms with van der Waals surface area (Å²) in [5, 5.41) is 0. The van der Waals surface area contributed by atoms with Crippen LogP contribution in [0.25, 0.3) is 0 Å². The highest BCUT2D eigenvalue weighted by molar-refractivity contribution is 5.45. The van der Waals surface area contributed by atoms with Crippen LogP contribution < -0.4 is 15.2 Å². The van der Waals surface area contributed by atoms with Crippen LogP contribution in [0.1, 0.15) is 31.9 Å². The molecule has 1 aromatic carbocycles. The summed E-state index contributed by atoms with van der Waals surface area (Å²) in [7, 11) is 0. The maximum absolute atomic E-state index is 6.04. The standard InChI is InChI=1S/C16H24N2O2/c1-11(2)13-5-6-18(9-13)14(8-17)12-3-4-15-16(7-12)20-10-19-15/h3-4,7,11,13-14H,5-6,8-10,17H2,1-2H3. The lowest BCUT2D eigenvalue weighted by Gasteiger charge is -2.27. The molecule has 2 unspecified atom stereocenters. The van der Waals surface area contributed by atoms with Crippen LogP contribution in [0.5, 0.6) is 11.5 Å². The summed E-state index contributed by atoms with van der Waals surface area (Å²) < 4.78 is 10.8. The van der Waals surface area contributed by atoms with Crippen LogP contribution in [0.4, 0.5) is 0 Å². The maximum Gasteiger partial charge on any atom is 0.231 e. The molecule has 2 aliphatic heterocycles. The molecule has 2 N–H and O–H groups in total. The molecule has 2 heterocycles. The van der Waals surface area contributed by atoms with Crippen LogP contribution in [-0.2, 0) is 0 Å². The summed E-state index contributed by atoms with van der Waals surface area (Å²) in [6, 6.07) is 6.49. The third kappa shape index (κ3) is 2.50. The van der Waals surface area contributed by atoms with Gasteiger partial charge in [0.25, 0.3) is 0 Å². The van der Waals surface area contributed by atoms with E-state index in [2.05, 4.69) is 30.9 Å². The number of fused-ring (bicyclic) bond motifs is 1. The van der Waals surface area contributed by atoms with Gasteiger partial charge in [0.1, 0.15) is 0 Å². The van der Waals surface area contributed by atoms with E-state index in [1.165, 1.54) is 12.0 Å². The largest absolute Gasteiger partial charge is 0.454 e. The van der Waals surface area contributed by atoms with Crippen molar-refractivity contribution in [2.24, 2.45) is 17.6 Å². The van der Waals surface area contributed by atoms with Gasteiger partial charge in [-0.2, -0.15) is 0 Å². The minimum atomic E-state index is 0.285. The molecule has 0 bridgehead atoms. The summed E-state index contributed by atoms with van der Waals surface area (Å²) in [5.41, 5.74) is 7.27. The second kappa shape index (κ2) is 5.62. The van der Waals surface area contributed by atoms with Crippen LogP contribution >= 0.6 is 0 Å². The number of likely N-dealkylation sites (tertiary alicyclic amines) is 1. The molecule has 1 aromatic rings. The van der Waals surface area contributed by atoms with E-state index >= 15 is 0 Å². The number of rotatable bonds is 4. The van der Waals surface area contributed by atoms with E-state index in [1.807, 2.05) is 6.07 Å². The molecular formula is C16H24N2O2. The third-order valence-electron chi connectivity index (χ3n) is 4.64. The Balaban J connectivity index is 1.77. The van der Waals surface area contributed by atoms with Crippen molar-refractivity contribution in [3.63, 3.8) is 0 Å². The SMILES string of the molecule is CC(C)C1CCN(C(CN)c2ccc3c(c2)OCO3)C1. The lowest BCUT2D eigenvalue weighted by Crippen LogP contribution is -2.32. The van der Waals surface area contributed by atoms with Crippen molar-refractivity contribution < 1.29 is 9.47 Å². The van der Waals surface area contributed by atoms with Crippen molar-refractivity contribution in [3.8, 4) is 11.5 Å². The van der Waals surface area contributed by atoms with Gasteiger partial charge in [-0.1, -0.05) is 19.9 Å². The Morgan fingerprint density at radius 2 is 2.10 bits per heavy atom. The third-order valence-corrected chi connectivity index (χ3v) is 4.64. The molecule has 3 rings (SSSR count). The molecular weight excluding hydrogens is 252 g/mol. The molecule has 110 valence electrons. The van der Waals surface area contributed by atoms with E-state index in [0.717, 1.165) is 36.4 Å². The van der Waals surface area contributed by atoms with Crippen molar-refractivity contribution in [3.05, 3.63) is 23.8 Å². The van der Waals surface area contributed by atoms with Crippen LogP contribution in [0, 0.1) is 11.8 Å². The van der Waals surface area contributed by atoms with Gasteiger partial charge in [-0.15, -0.1) is 0 Å². The first kappa shape index (κ1) is 13.7. The zero-order valence-corrected chi connectivity index (χ0v) is 12.3. The summed E-state index contributed by atoms with van der Waals surface area (Å²) in [6.45, 7) is 7.88. The van der Waals surface area contributed by atoms with Crippen molar-refractivity contribution >= 4 is 0 Å². The van der Waals surface area contributed by atoms with Crippen LogP contribution in [0.3, 0.4) is 0 Å². The molecule has 0 amide bonds. The molecule has 0 aliphatic carbocycles. The zero-order valence-electron chi connectivity index (χ0n) is 12.3. The van der Waals surface area contributed by atoms with E-state index in [9.17, 15) is 0 Å². The molecule has 0 aromatic heterocycles. The summed E-state index contributed by atoms with van der Waals surface area (Å²) in [6.07, 6.45) is 1.28. The molecule has 2 aliphatic rings. The van der Waals surface area contributed by atoms with Gasteiger partial charge in [-0.05, 0) is 42.5 Å². The van der Waals surface area contributed by atoms with E-state index in [1.54, 1.807) is 0 Å². The van der Waals surface area contributed by atoms with Gasteiger partial charge in [-0.25, -0.2) is 0 Å². The number of ether oxygens (including phenoxy) is 2. The number of hydrogen-bond donors (Lipinski definition) is 1.